The van der Waals surface area contributed by atoms with Crippen molar-refractivity contribution in [1.29, 1.82) is 0 Å². The van der Waals surface area contributed by atoms with Gasteiger partial charge in [-0.15, -0.1) is 23.5 Å². The topological polar surface area (TPSA) is 37.4 Å². The monoisotopic (exact) mass is 473 g/mol. The van der Waals surface area contributed by atoms with E-state index in [0.29, 0.717) is 10.0 Å². The zero-order chi connectivity index (χ0) is 21.1. The van der Waals surface area contributed by atoms with E-state index in [-0.39, 0.29) is 18.4 Å². The molecule has 7 heteroatoms. The number of nitrogens with zero attached hydrogens (tertiary/aromatic N) is 1. The molecule has 1 fully saturated rings. The lowest BCUT2D eigenvalue weighted by atomic mass is 10.2. The van der Waals surface area contributed by atoms with Crippen LogP contribution in [0.15, 0.2) is 88.7 Å². The van der Waals surface area contributed by atoms with Gasteiger partial charge in [0.1, 0.15) is 10.5 Å². The van der Waals surface area contributed by atoms with Crippen molar-refractivity contribution in [3.05, 3.63) is 94.5 Å². The number of likely N-dealkylation sites (tertiary alicyclic amines) is 1. The van der Waals surface area contributed by atoms with Crippen LogP contribution in [0.3, 0.4) is 0 Å². The number of thioether (sulfide) groups is 2. The minimum atomic E-state index is -0.525. The van der Waals surface area contributed by atoms with Crippen molar-refractivity contribution in [3.63, 3.8) is 0 Å². The van der Waals surface area contributed by atoms with E-state index in [9.17, 15) is 9.59 Å². The summed E-state index contributed by atoms with van der Waals surface area (Å²) >= 11 is 14.8. The first-order valence-electron chi connectivity index (χ1n) is 9.25. The second kappa shape index (κ2) is 9.48. The quantitative estimate of drug-likeness (QED) is 0.400. The second-order valence-corrected chi connectivity index (χ2v) is 10.0. The van der Waals surface area contributed by atoms with Crippen LogP contribution >= 0.6 is 46.7 Å². The van der Waals surface area contributed by atoms with Gasteiger partial charge in [-0.25, -0.2) is 0 Å². The van der Waals surface area contributed by atoms with Gasteiger partial charge in [-0.3, -0.25) is 14.5 Å². The number of benzene rings is 3. The molecule has 2 amide bonds. The molecule has 3 nitrogen and oxygen atoms in total. The van der Waals surface area contributed by atoms with Crippen molar-refractivity contribution in [1.82, 2.24) is 4.90 Å². The normalized spacial score (nSPS) is 18.8. The molecule has 0 N–H and O–H groups in total. The highest BCUT2D eigenvalue weighted by atomic mass is 35.5. The summed E-state index contributed by atoms with van der Waals surface area (Å²) in [5.41, 5.74) is 0.923. The van der Waals surface area contributed by atoms with Crippen LogP contribution in [-0.2, 0) is 16.1 Å². The van der Waals surface area contributed by atoms with E-state index in [1.807, 2.05) is 54.6 Å². The van der Waals surface area contributed by atoms with E-state index in [2.05, 4.69) is 0 Å². The van der Waals surface area contributed by atoms with Crippen molar-refractivity contribution in [2.45, 2.75) is 26.8 Å². The highest BCUT2D eigenvalue weighted by Crippen LogP contribution is 2.41. The number of amides is 2. The first kappa shape index (κ1) is 21.3. The van der Waals surface area contributed by atoms with Crippen LogP contribution in [0, 0.1) is 0 Å². The van der Waals surface area contributed by atoms with Crippen LogP contribution in [-0.4, -0.2) is 27.2 Å². The lowest BCUT2D eigenvalue weighted by Gasteiger charge is -2.14. The van der Waals surface area contributed by atoms with Crippen LogP contribution in [0.2, 0.25) is 10.0 Å². The number of rotatable bonds is 6. The molecule has 3 aromatic carbocycles. The Labute approximate surface area is 193 Å². The zero-order valence-electron chi connectivity index (χ0n) is 15.7. The summed E-state index contributed by atoms with van der Waals surface area (Å²) in [6, 6.07) is 24.2. The third-order valence-corrected chi connectivity index (χ3v) is 7.85. The van der Waals surface area contributed by atoms with Gasteiger partial charge in [0.15, 0.2) is 0 Å². The standard InChI is InChI=1S/C23H17Cl2NO2S2/c24-16-6-10-18(11-7-16)29-20-21(30-19-12-8-17(25)9-13-19)23(28)26(22(20)27)14-15-4-2-1-3-5-15/h1-13,20-21H,14H2. The minimum absolute atomic E-state index is 0.171. The maximum Gasteiger partial charge on any atom is 0.244 e. The summed E-state index contributed by atoms with van der Waals surface area (Å²) < 4.78 is 0. The van der Waals surface area contributed by atoms with Gasteiger partial charge < -0.3 is 0 Å². The summed E-state index contributed by atoms with van der Waals surface area (Å²) in [4.78, 5) is 29.7. The number of imide groups is 1. The van der Waals surface area contributed by atoms with Crippen LogP contribution in [0.4, 0.5) is 0 Å². The number of carbonyl (C=O) groups is 2. The van der Waals surface area contributed by atoms with Gasteiger partial charge in [0.05, 0.1) is 6.54 Å². The molecule has 0 saturated carbocycles. The van der Waals surface area contributed by atoms with E-state index >= 15 is 0 Å². The van der Waals surface area contributed by atoms with Crippen LogP contribution in [0.25, 0.3) is 0 Å². The Morgan fingerprint density at radius 1 is 0.667 bits per heavy atom. The molecule has 2 unspecified atom stereocenters. The minimum Gasteiger partial charge on any atom is -0.276 e. The molecule has 3 aromatic rings. The Balaban J connectivity index is 1.61. The first-order valence-corrected chi connectivity index (χ1v) is 11.8. The van der Waals surface area contributed by atoms with Gasteiger partial charge in [-0.1, -0.05) is 53.5 Å². The van der Waals surface area contributed by atoms with Crippen molar-refractivity contribution in [3.8, 4) is 0 Å². The van der Waals surface area contributed by atoms with Gasteiger partial charge in [-0.2, -0.15) is 0 Å². The number of hydrogen-bond acceptors (Lipinski definition) is 4. The number of carbonyl (C=O) groups excluding carboxylic acids is 2. The number of hydrogen-bond donors (Lipinski definition) is 0. The smallest absolute Gasteiger partial charge is 0.244 e. The molecule has 1 saturated heterocycles. The van der Waals surface area contributed by atoms with Crippen LogP contribution in [0.5, 0.6) is 0 Å². The molecule has 1 aliphatic heterocycles. The third kappa shape index (κ3) is 4.86. The van der Waals surface area contributed by atoms with Crippen molar-refractivity contribution in [2.24, 2.45) is 0 Å². The maximum atomic E-state index is 13.3. The van der Waals surface area contributed by atoms with E-state index in [1.165, 1.54) is 28.4 Å². The lowest BCUT2D eigenvalue weighted by Crippen LogP contribution is -2.31. The van der Waals surface area contributed by atoms with E-state index in [0.717, 1.165) is 15.4 Å². The number of halogens is 2. The molecular weight excluding hydrogens is 457 g/mol. The fourth-order valence-corrected chi connectivity index (χ4v) is 5.83. The Hall–Kier alpha value is -1.92. The fourth-order valence-electron chi connectivity index (χ4n) is 3.14. The Morgan fingerprint density at radius 3 is 1.53 bits per heavy atom. The van der Waals surface area contributed by atoms with Gasteiger partial charge >= 0.3 is 0 Å². The fraction of sp³-hybridized carbons (Fsp3) is 0.130. The molecule has 0 aliphatic carbocycles. The van der Waals surface area contributed by atoms with Gasteiger partial charge in [0.2, 0.25) is 11.8 Å². The summed E-state index contributed by atoms with van der Waals surface area (Å²) in [5, 5.41) is 0.211. The predicted molar refractivity (Wildman–Crippen MR) is 124 cm³/mol. The van der Waals surface area contributed by atoms with E-state index < -0.39 is 10.5 Å². The predicted octanol–water partition coefficient (Wildman–Crippen LogP) is 6.18. The summed E-state index contributed by atoms with van der Waals surface area (Å²) in [7, 11) is 0. The molecule has 0 bridgehead atoms. The molecule has 0 aromatic heterocycles. The average molecular weight is 474 g/mol. The Bertz CT molecular complexity index is 978. The highest BCUT2D eigenvalue weighted by molar-refractivity contribution is 8.05. The molecule has 0 spiro atoms. The van der Waals surface area contributed by atoms with Crippen molar-refractivity contribution in [2.75, 3.05) is 0 Å². The highest BCUT2D eigenvalue weighted by Gasteiger charge is 2.48. The Kier molecular flexibility index (Phi) is 6.74. The molecule has 1 heterocycles. The van der Waals surface area contributed by atoms with Crippen molar-refractivity contribution < 1.29 is 9.59 Å². The van der Waals surface area contributed by atoms with Gasteiger partial charge in [0, 0.05) is 19.8 Å². The molecule has 30 heavy (non-hydrogen) atoms. The zero-order valence-corrected chi connectivity index (χ0v) is 18.8. The van der Waals surface area contributed by atoms with Crippen LogP contribution in [0.1, 0.15) is 5.56 Å². The van der Waals surface area contributed by atoms with Gasteiger partial charge in [-0.05, 0) is 54.1 Å². The molecule has 4 rings (SSSR count). The van der Waals surface area contributed by atoms with E-state index in [4.69, 9.17) is 23.2 Å². The van der Waals surface area contributed by atoms with E-state index in [1.54, 1.807) is 24.3 Å². The largest absolute Gasteiger partial charge is 0.276 e. The summed E-state index contributed by atoms with van der Waals surface area (Å²) in [6.07, 6.45) is 0. The molecule has 1 aliphatic rings. The van der Waals surface area contributed by atoms with Crippen molar-refractivity contribution >= 4 is 58.5 Å². The molecule has 2 atom stereocenters. The van der Waals surface area contributed by atoms with Gasteiger partial charge in [0.25, 0.3) is 0 Å². The molecular formula is C23H17Cl2NO2S2. The van der Waals surface area contributed by atoms with Crippen LogP contribution < -0.4 is 0 Å². The first-order chi connectivity index (χ1) is 14.5. The SMILES string of the molecule is O=C1C(Sc2ccc(Cl)cc2)C(Sc2ccc(Cl)cc2)C(=O)N1Cc1ccccc1. The lowest BCUT2D eigenvalue weighted by molar-refractivity contribution is -0.138. The summed E-state index contributed by atoms with van der Waals surface area (Å²) in [5.74, 6) is -0.342. The average Bonchev–Trinajstić information content (AvgIpc) is 2.96. The second-order valence-electron chi connectivity index (χ2n) is 6.73. The summed E-state index contributed by atoms with van der Waals surface area (Å²) in [6.45, 7) is 0.272. The molecule has 152 valence electrons. The molecule has 0 radical (unpaired) electrons. The Morgan fingerprint density at radius 2 is 1.10 bits per heavy atom. The third-order valence-electron chi connectivity index (χ3n) is 4.63. The maximum absolute atomic E-state index is 13.3.